The third-order valence-corrected chi connectivity index (χ3v) is 12.7. The molecule has 12 heteroatoms. The Hall–Kier alpha value is -3.90. The van der Waals surface area contributed by atoms with Gasteiger partial charge in [-0.15, -0.1) is 0 Å². The molecule has 12 nitrogen and oxygen atoms in total. The Morgan fingerprint density at radius 3 is 2.29 bits per heavy atom. The number of hydrogen-bond donors (Lipinski definition) is 3. The largest absolute Gasteiger partial charge is 0.494 e. The molecule has 0 radical (unpaired) electrons. The van der Waals surface area contributed by atoms with Crippen molar-refractivity contribution in [2.24, 2.45) is 22.7 Å². The van der Waals surface area contributed by atoms with Crippen molar-refractivity contribution in [1.29, 1.82) is 0 Å². The lowest BCUT2D eigenvalue weighted by Crippen LogP contribution is -2.59. The predicted molar refractivity (Wildman–Crippen MR) is 201 cm³/mol. The van der Waals surface area contributed by atoms with E-state index >= 15 is 0 Å². The van der Waals surface area contributed by atoms with Crippen molar-refractivity contribution in [3.8, 4) is 11.5 Å². The number of carbonyl (C=O) groups excluding carboxylic acids is 2. The van der Waals surface area contributed by atoms with Gasteiger partial charge in [0.2, 0.25) is 0 Å². The van der Waals surface area contributed by atoms with Gasteiger partial charge in [0.15, 0.2) is 0 Å². The first-order valence-corrected chi connectivity index (χ1v) is 19.3. The molecule has 3 saturated heterocycles. The minimum atomic E-state index is -0.0856. The van der Waals surface area contributed by atoms with Crippen LogP contribution in [0.5, 0.6) is 11.5 Å². The number of nitrogens with zero attached hydrogens (tertiary/aromatic N) is 4. The van der Waals surface area contributed by atoms with Gasteiger partial charge in [-0.1, -0.05) is 13.8 Å². The van der Waals surface area contributed by atoms with Crippen LogP contribution in [-0.4, -0.2) is 124 Å². The van der Waals surface area contributed by atoms with Gasteiger partial charge in [-0.3, -0.25) is 0 Å². The highest BCUT2D eigenvalue weighted by atomic mass is 16.5. The van der Waals surface area contributed by atoms with Crippen molar-refractivity contribution in [3.63, 3.8) is 0 Å². The number of rotatable bonds is 15. The summed E-state index contributed by atoms with van der Waals surface area (Å²) in [6, 6.07) is 17.9. The maximum absolute atomic E-state index is 12.9. The molecule has 2 bridgehead atoms. The Labute approximate surface area is 308 Å². The first kappa shape index (κ1) is 36.5. The third kappa shape index (κ3) is 6.84. The van der Waals surface area contributed by atoms with Crippen LogP contribution in [0.1, 0.15) is 47.0 Å². The highest BCUT2D eigenvalue weighted by Gasteiger charge is 2.85. The third-order valence-electron chi connectivity index (χ3n) is 12.7. The van der Waals surface area contributed by atoms with Crippen LogP contribution in [0, 0.1) is 22.7 Å². The zero-order chi connectivity index (χ0) is 36.6. The first-order chi connectivity index (χ1) is 25.1. The van der Waals surface area contributed by atoms with Gasteiger partial charge in [0, 0.05) is 74.7 Å². The number of likely N-dealkylation sites (tertiary alicyclic amines) is 1. The number of aliphatic hydroxyl groups excluding tert-OH is 1. The molecule has 3 heterocycles. The van der Waals surface area contributed by atoms with Crippen molar-refractivity contribution >= 4 is 23.4 Å². The summed E-state index contributed by atoms with van der Waals surface area (Å²) in [5.74, 6) is 2.65. The molecular weight excluding hydrogens is 660 g/mol. The van der Waals surface area contributed by atoms with E-state index in [-0.39, 0.29) is 35.5 Å². The average Bonchev–Trinajstić information content (AvgIpc) is 3.41. The lowest BCUT2D eigenvalue weighted by atomic mass is 9.71. The molecule has 5 aliphatic rings. The topological polar surface area (TPSA) is 119 Å². The molecule has 3 N–H and O–H groups in total. The lowest BCUT2D eigenvalue weighted by Gasteiger charge is -2.51. The maximum Gasteiger partial charge on any atom is 0.318 e. The van der Waals surface area contributed by atoms with Crippen LogP contribution < -0.4 is 29.9 Å². The highest BCUT2D eigenvalue weighted by molar-refractivity contribution is 5.78. The number of fused-ring (bicyclic) bond motifs is 2. The monoisotopic (exact) mass is 718 g/mol. The van der Waals surface area contributed by atoms with Gasteiger partial charge in [-0.2, -0.15) is 0 Å². The standard InChI is InChI=1S/C40H58N6O6/c1-6-51-32-11-7-29(8-12-32)44-25-28(22-39(3,4)27(44)2)24-43(5)37(48)42-16-18-50-19-20-52-33-13-9-30(10-14-33)45-26-31-23-40-34(21-35(40)45)36(40)46(31)38(49)41-15-17-47/h7-14,27-28,31,34-36,47H,6,15-26H2,1-5H3,(H,41,49)(H,42,48). The van der Waals surface area contributed by atoms with Gasteiger partial charge in [0.1, 0.15) is 18.1 Å². The number of benzene rings is 2. The van der Waals surface area contributed by atoms with Gasteiger partial charge in [-0.05, 0) is 98.9 Å². The van der Waals surface area contributed by atoms with Crippen LogP contribution in [0.2, 0.25) is 0 Å². The molecule has 52 heavy (non-hydrogen) atoms. The normalized spacial score (nSPS) is 29.2. The predicted octanol–water partition coefficient (Wildman–Crippen LogP) is 4.42. The van der Waals surface area contributed by atoms with Crippen LogP contribution in [0.4, 0.5) is 21.0 Å². The van der Waals surface area contributed by atoms with E-state index in [9.17, 15) is 9.59 Å². The molecule has 2 aliphatic carbocycles. The molecule has 7 atom stereocenters. The Morgan fingerprint density at radius 2 is 1.60 bits per heavy atom. The Bertz CT molecular complexity index is 1560. The molecule has 1 spiro atoms. The molecule has 4 amide bonds. The van der Waals surface area contributed by atoms with Gasteiger partial charge in [-0.25, -0.2) is 9.59 Å². The number of piperidine rings is 3. The van der Waals surface area contributed by atoms with E-state index in [1.54, 1.807) is 4.90 Å². The van der Waals surface area contributed by atoms with Crippen molar-refractivity contribution in [2.75, 3.05) is 82.6 Å². The van der Waals surface area contributed by atoms with Crippen LogP contribution >= 0.6 is 0 Å². The van der Waals surface area contributed by atoms with E-state index in [4.69, 9.17) is 19.3 Å². The Morgan fingerprint density at radius 1 is 0.904 bits per heavy atom. The van der Waals surface area contributed by atoms with E-state index < -0.39 is 0 Å². The number of hydrogen-bond acceptors (Lipinski definition) is 8. The van der Waals surface area contributed by atoms with Crippen LogP contribution in [0.3, 0.4) is 0 Å². The molecule has 0 aromatic heterocycles. The number of ether oxygens (including phenoxy) is 3. The van der Waals surface area contributed by atoms with Gasteiger partial charge in [0.25, 0.3) is 0 Å². The molecule has 2 aromatic carbocycles. The van der Waals surface area contributed by atoms with Gasteiger partial charge < -0.3 is 49.6 Å². The summed E-state index contributed by atoms with van der Waals surface area (Å²) in [6.07, 6.45) is 3.29. The molecule has 7 rings (SSSR count). The first-order valence-electron chi connectivity index (χ1n) is 19.3. The van der Waals surface area contributed by atoms with Gasteiger partial charge >= 0.3 is 12.1 Å². The second-order valence-corrected chi connectivity index (χ2v) is 16.2. The van der Waals surface area contributed by atoms with Crippen molar-refractivity contribution in [3.05, 3.63) is 48.5 Å². The summed E-state index contributed by atoms with van der Waals surface area (Å²) in [5, 5.41) is 15.0. The number of aliphatic hydroxyl groups is 1. The summed E-state index contributed by atoms with van der Waals surface area (Å²) in [6.45, 7) is 14.0. The van der Waals surface area contributed by atoms with Crippen LogP contribution in [-0.2, 0) is 4.74 Å². The van der Waals surface area contributed by atoms with Gasteiger partial charge in [0.05, 0.1) is 32.5 Å². The zero-order valence-electron chi connectivity index (χ0n) is 31.6. The fourth-order valence-corrected chi connectivity index (χ4v) is 10.0. The Kier molecular flexibility index (Phi) is 10.4. The molecule has 2 aromatic rings. The number of nitrogens with one attached hydrogen (secondary N) is 2. The minimum Gasteiger partial charge on any atom is -0.494 e. The van der Waals surface area contributed by atoms with Crippen LogP contribution in [0.15, 0.2) is 48.5 Å². The zero-order valence-corrected chi connectivity index (χ0v) is 31.6. The summed E-state index contributed by atoms with van der Waals surface area (Å²) < 4.78 is 17.4. The number of urea groups is 2. The SMILES string of the molecule is CCOc1ccc(N2CC(CN(C)C(=O)NCCOCCOc3ccc(N4CC5CC67C(CC46)C7N5C(=O)NCCO)cc3)CC(C)(C)C2C)cc1. The number of carbonyl (C=O) groups is 2. The van der Waals surface area contributed by atoms with E-state index in [1.165, 1.54) is 11.4 Å². The fourth-order valence-electron chi connectivity index (χ4n) is 10.0. The van der Waals surface area contributed by atoms with E-state index in [2.05, 4.69) is 70.4 Å². The van der Waals surface area contributed by atoms with Crippen molar-refractivity contribution in [2.45, 2.75) is 71.1 Å². The second-order valence-electron chi connectivity index (χ2n) is 16.2. The molecule has 3 aliphatic heterocycles. The fraction of sp³-hybridized carbons (Fsp3) is 0.650. The summed E-state index contributed by atoms with van der Waals surface area (Å²) >= 11 is 0. The van der Waals surface area contributed by atoms with E-state index in [0.29, 0.717) is 76.0 Å². The number of anilines is 2. The van der Waals surface area contributed by atoms with E-state index in [1.807, 2.05) is 38.2 Å². The molecule has 5 fully saturated rings. The quantitative estimate of drug-likeness (QED) is 0.232. The van der Waals surface area contributed by atoms with Crippen molar-refractivity contribution < 1.29 is 28.9 Å². The Balaban J connectivity index is 0.798. The lowest BCUT2D eigenvalue weighted by molar-refractivity contribution is 0.101. The maximum atomic E-state index is 12.9. The molecule has 7 unspecified atom stereocenters. The summed E-state index contributed by atoms with van der Waals surface area (Å²) in [4.78, 5) is 34.7. The summed E-state index contributed by atoms with van der Waals surface area (Å²) in [5.41, 5.74) is 2.72. The number of amides is 4. The molecule has 2 saturated carbocycles. The van der Waals surface area contributed by atoms with Crippen molar-refractivity contribution in [1.82, 2.24) is 20.4 Å². The van der Waals surface area contributed by atoms with Crippen LogP contribution in [0.25, 0.3) is 0 Å². The molecular formula is C40H58N6O6. The second kappa shape index (κ2) is 14.9. The highest BCUT2D eigenvalue weighted by Crippen LogP contribution is 2.78. The smallest absolute Gasteiger partial charge is 0.318 e. The van der Waals surface area contributed by atoms with E-state index in [0.717, 1.165) is 43.9 Å². The molecule has 284 valence electrons. The summed E-state index contributed by atoms with van der Waals surface area (Å²) in [7, 11) is 1.87. The minimum absolute atomic E-state index is 0.0289. The average molecular weight is 719 g/mol.